The van der Waals surface area contributed by atoms with Gasteiger partial charge in [-0.1, -0.05) is 28.1 Å². The first-order chi connectivity index (χ1) is 9.70. The predicted octanol–water partition coefficient (Wildman–Crippen LogP) is 3.26. The highest BCUT2D eigenvalue weighted by atomic mass is 79.9. The summed E-state index contributed by atoms with van der Waals surface area (Å²) in [5.74, 6) is -0.429. The van der Waals surface area contributed by atoms with Crippen molar-refractivity contribution in [2.45, 2.75) is 25.1 Å². The van der Waals surface area contributed by atoms with Gasteiger partial charge in [0.1, 0.15) is 0 Å². The summed E-state index contributed by atoms with van der Waals surface area (Å²) in [6.45, 7) is 0. The molecule has 1 saturated carbocycles. The summed E-state index contributed by atoms with van der Waals surface area (Å²) in [6, 6.07) is 2.86. The fourth-order valence-corrected chi connectivity index (χ4v) is 2.68. The van der Waals surface area contributed by atoms with Crippen molar-refractivity contribution in [3.63, 3.8) is 0 Å². The van der Waals surface area contributed by atoms with E-state index in [9.17, 15) is 18.0 Å². The lowest BCUT2D eigenvalue weighted by molar-refractivity contribution is -0.138. The van der Waals surface area contributed by atoms with Crippen LogP contribution in [0.1, 0.15) is 28.8 Å². The van der Waals surface area contributed by atoms with Gasteiger partial charge in [0.15, 0.2) is 0 Å². The number of carbonyl (C=O) groups is 1. The van der Waals surface area contributed by atoms with Gasteiger partial charge < -0.3 is 11.1 Å². The molecule has 0 radical (unpaired) electrons. The second-order valence-corrected chi connectivity index (χ2v) is 6.21. The summed E-state index contributed by atoms with van der Waals surface area (Å²) in [7, 11) is 0. The van der Waals surface area contributed by atoms with Crippen molar-refractivity contribution in [1.82, 2.24) is 5.32 Å². The molecule has 0 aliphatic heterocycles. The average molecular weight is 381 g/mol. The molecule has 0 spiro atoms. The van der Waals surface area contributed by atoms with Crippen molar-refractivity contribution in [1.29, 1.82) is 0 Å². The second kappa shape index (κ2) is 5.92. The van der Waals surface area contributed by atoms with Crippen molar-refractivity contribution in [2.24, 2.45) is 11.7 Å². The van der Waals surface area contributed by atoms with Crippen molar-refractivity contribution >= 4 is 39.0 Å². The molecule has 1 atom stereocenters. The standard InChI is InChI=1S/C13H12BrF3N2OS/c14-9-4-3-7(5-8(9)13(15,16)17)12(20)19-10(11(18)21)6-1-2-6/h3-6,10H,1-2H2,(H2,18,21)(H,19,20). The molecule has 21 heavy (non-hydrogen) atoms. The molecular weight excluding hydrogens is 369 g/mol. The van der Waals surface area contributed by atoms with E-state index in [1.165, 1.54) is 12.1 Å². The van der Waals surface area contributed by atoms with Gasteiger partial charge in [-0.05, 0) is 37.0 Å². The SMILES string of the molecule is NC(=S)C(NC(=O)c1ccc(Br)c(C(F)(F)F)c1)C1CC1. The molecule has 1 unspecified atom stereocenters. The zero-order valence-electron chi connectivity index (χ0n) is 10.7. The summed E-state index contributed by atoms with van der Waals surface area (Å²) in [5, 5.41) is 2.61. The lowest BCUT2D eigenvalue weighted by Crippen LogP contribution is -2.45. The van der Waals surface area contributed by atoms with E-state index in [-0.39, 0.29) is 20.9 Å². The second-order valence-electron chi connectivity index (χ2n) is 4.88. The number of carbonyl (C=O) groups excluding carboxylic acids is 1. The van der Waals surface area contributed by atoms with E-state index in [0.717, 1.165) is 18.9 Å². The third-order valence-electron chi connectivity index (χ3n) is 3.22. The zero-order chi connectivity index (χ0) is 15.8. The van der Waals surface area contributed by atoms with E-state index >= 15 is 0 Å². The molecule has 1 aliphatic rings. The number of benzene rings is 1. The quantitative estimate of drug-likeness (QED) is 0.788. The van der Waals surface area contributed by atoms with Gasteiger partial charge in [0.2, 0.25) is 0 Å². The number of thiocarbonyl (C=S) groups is 1. The summed E-state index contributed by atoms with van der Waals surface area (Å²) in [4.78, 5) is 12.2. The number of nitrogens with one attached hydrogen (secondary N) is 1. The number of alkyl halides is 3. The summed E-state index contributed by atoms with van der Waals surface area (Å²) < 4.78 is 38.3. The van der Waals surface area contributed by atoms with Gasteiger partial charge in [-0.3, -0.25) is 4.79 Å². The number of amides is 1. The van der Waals surface area contributed by atoms with E-state index in [4.69, 9.17) is 18.0 Å². The number of halogens is 4. The molecule has 1 aliphatic carbocycles. The molecule has 1 aromatic carbocycles. The molecule has 3 nitrogen and oxygen atoms in total. The summed E-state index contributed by atoms with van der Waals surface area (Å²) in [6.07, 6.45) is -2.74. The first-order valence-electron chi connectivity index (χ1n) is 6.17. The van der Waals surface area contributed by atoms with E-state index in [2.05, 4.69) is 21.2 Å². The average Bonchev–Trinajstić information content (AvgIpc) is 3.18. The third kappa shape index (κ3) is 3.94. The number of rotatable bonds is 4. The van der Waals surface area contributed by atoms with Gasteiger partial charge in [-0.2, -0.15) is 13.2 Å². The molecule has 114 valence electrons. The van der Waals surface area contributed by atoms with Gasteiger partial charge in [0.25, 0.3) is 5.91 Å². The van der Waals surface area contributed by atoms with Crippen LogP contribution < -0.4 is 11.1 Å². The van der Waals surface area contributed by atoms with Crippen molar-refractivity contribution in [2.75, 3.05) is 0 Å². The van der Waals surface area contributed by atoms with Crippen LogP contribution in [0.5, 0.6) is 0 Å². The monoisotopic (exact) mass is 380 g/mol. The normalized spacial score (nSPS) is 16.4. The Balaban J connectivity index is 2.21. The maximum atomic E-state index is 12.8. The molecule has 0 aromatic heterocycles. The molecule has 0 bridgehead atoms. The molecule has 0 saturated heterocycles. The highest BCUT2D eigenvalue weighted by Crippen LogP contribution is 2.36. The Labute approximate surface area is 133 Å². The zero-order valence-corrected chi connectivity index (χ0v) is 13.1. The lowest BCUT2D eigenvalue weighted by Gasteiger charge is -2.17. The van der Waals surface area contributed by atoms with Crippen LogP contribution in [-0.4, -0.2) is 16.9 Å². The largest absolute Gasteiger partial charge is 0.417 e. The van der Waals surface area contributed by atoms with Crippen LogP contribution in [0, 0.1) is 5.92 Å². The minimum absolute atomic E-state index is 0.0765. The Morgan fingerprint density at radius 2 is 2.05 bits per heavy atom. The van der Waals surface area contributed by atoms with Crippen LogP contribution in [0.3, 0.4) is 0 Å². The van der Waals surface area contributed by atoms with Crippen LogP contribution in [-0.2, 0) is 6.18 Å². The molecular formula is C13H12BrF3N2OS. The van der Waals surface area contributed by atoms with Gasteiger partial charge >= 0.3 is 6.18 Å². The topological polar surface area (TPSA) is 55.1 Å². The van der Waals surface area contributed by atoms with Crippen molar-refractivity contribution in [3.05, 3.63) is 33.8 Å². The highest BCUT2D eigenvalue weighted by Gasteiger charge is 2.36. The molecule has 0 heterocycles. The highest BCUT2D eigenvalue weighted by molar-refractivity contribution is 9.10. The maximum Gasteiger partial charge on any atom is 0.417 e. The Hall–Kier alpha value is -1.15. The first-order valence-corrected chi connectivity index (χ1v) is 7.37. The Bertz CT molecular complexity index is 587. The Morgan fingerprint density at radius 3 is 2.52 bits per heavy atom. The fourth-order valence-electron chi connectivity index (χ4n) is 1.96. The van der Waals surface area contributed by atoms with Crippen LogP contribution in [0.2, 0.25) is 0 Å². The van der Waals surface area contributed by atoms with Crippen molar-refractivity contribution < 1.29 is 18.0 Å². The van der Waals surface area contributed by atoms with Gasteiger partial charge in [-0.15, -0.1) is 0 Å². The van der Waals surface area contributed by atoms with E-state index in [1.54, 1.807) is 0 Å². The van der Waals surface area contributed by atoms with Crippen LogP contribution >= 0.6 is 28.1 Å². The van der Waals surface area contributed by atoms with Crippen LogP contribution in [0.25, 0.3) is 0 Å². The van der Waals surface area contributed by atoms with E-state index in [1.807, 2.05) is 0 Å². The molecule has 1 amide bonds. The Kier molecular flexibility index (Phi) is 4.57. The van der Waals surface area contributed by atoms with Crippen molar-refractivity contribution in [3.8, 4) is 0 Å². The van der Waals surface area contributed by atoms with Gasteiger partial charge in [-0.25, -0.2) is 0 Å². The maximum absolute atomic E-state index is 12.8. The lowest BCUT2D eigenvalue weighted by atomic mass is 10.1. The van der Waals surface area contributed by atoms with Crippen LogP contribution in [0.4, 0.5) is 13.2 Å². The summed E-state index contributed by atoms with van der Waals surface area (Å²) in [5.41, 5.74) is 4.59. The summed E-state index contributed by atoms with van der Waals surface area (Å²) >= 11 is 7.71. The molecule has 1 aromatic rings. The smallest absolute Gasteiger partial charge is 0.392 e. The Morgan fingerprint density at radius 1 is 1.43 bits per heavy atom. The van der Waals surface area contributed by atoms with E-state index in [0.29, 0.717) is 0 Å². The fraction of sp³-hybridized carbons (Fsp3) is 0.385. The molecule has 8 heteroatoms. The number of hydrogen-bond acceptors (Lipinski definition) is 2. The molecule has 1 fully saturated rings. The first kappa shape index (κ1) is 16.2. The third-order valence-corrected chi connectivity index (χ3v) is 4.17. The van der Waals surface area contributed by atoms with Crippen LogP contribution in [0.15, 0.2) is 22.7 Å². The van der Waals surface area contributed by atoms with Gasteiger partial charge in [0, 0.05) is 10.0 Å². The number of hydrogen-bond donors (Lipinski definition) is 2. The minimum Gasteiger partial charge on any atom is -0.392 e. The predicted molar refractivity (Wildman–Crippen MR) is 79.9 cm³/mol. The van der Waals surface area contributed by atoms with E-state index < -0.39 is 23.7 Å². The molecule has 3 N–H and O–H groups in total. The molecule has 2 rings (SSSR count). The number of nitrogens with two attached hydrogens (primary N) is 1. The van der Waals surface area contributed by atoms with Gasteiger partial charge in [0.05, 0.1) is 16.6 Å². The minimum atomic E-state index is -4.53.